The number of rotatable bonds is 5. The molecule has 1 N–H and O–H groups in total. The average Bonchev–Trinajstić information content (AvgIpc) is 2.64. The van der Waals surface area contributed by atoms with Gasteiger partial charge in [-0.3, -0.25) is 14.4 Å². The Bertz CT molecular complexity index is 896. The lowest BCUT2D eigenvalue weighted by atomic mass is 10.1. The van der Waals surface area contributed by atoms with Crippen LogP contribution in [0.4, 0.5) is 15.8 Å². The van der Waals surface area contributed by atoms with Crippen molar-refractivity contribution in [3.8, 4) is 0 Å². The van der Waals surface area contributed by atoms with Crippen molar-refractivity contribution in [2.45, 2.75) is 23.8 Å². The predicted molar refractivity (Wildman–Crippen MR) is 95.1 cm³/mol. The van der Waals surface area contributed by atoms with E-state index in [1.165, 1.54) is 30.3 Å². The van der Waals surface area contributed by atoms with Crippen LogP contribution in [0.15, 0.2) is 53.4 Å². The number of nitrogens with zero attached hydrogens (tertiary/aromatic N) is 2. The summed E-state index contributed by atoms with van der Waals surface area (Å²) in [5.74, 6) is -0.628. The Hall–Kier alpha value is -2.52. The maximum atomic E-state index is 14.4. The monoisotopic (exact) mass is 379 g/mol. The number of sulfonamides is 1. The van der Waals surface area contributed by atoms with Crippen LogP contribution in [0.2, 0.25) is 0 Å². The molecular weight excluding hydrogens is 361 g/mol. The molecule has 1 heterocycles. The Kier molecular flexibility index (Phi) is 5.19. The van der Waals surface area contributed by atoms with Crippen molar-refractivity contribution in [2.24, 2.45) is 0 Å². The standard InChI is InChI=1S/C17H18FN3O4S/c18-16-3-1-2-4-17(16)20(13-9-11-19-12-10-13)26(24,25)15-7-5-14(6-8-15)21(22)23/h1-8,13,19H,9-12H2. The van der Waals surface area contributed by atoms with Crippen LogP contribution in [0.5, 0.6) is 0 Å². The molecular formula is C17H18FN3O4S. The summed E-state index contributed by atoms with van der Waals surface area (Å²) in [5, 5.41) is 14.0. The summed E-state index contributed by atoms with van der Waals surface area (Å²) < 4.78 is 42.0. The van der Waals surface area contributed by atoms with E-state index in [0.29, 0.717) is 25.9 Å². The number of nitro groups is 1. The number of anilines is 1. The zero-order valence-electron chi connectivity index (χ0n) is 13.8. The molecule has 7 nitrogen and oxygen atoms in total. The molecule has 0 atom stereocenters. The average molecular weight is 379 g/mol. The first-order valence-corrected chi connectivity index (χ1v) is 9.59. The first kappa shape index (κ1) is 18.3. The molecule has 1 aliphatic heterocycles. The number of para-hydroxylation sites is 1. The van der Waals surface area contributed by atoms with Crippen LogP contribution in [-0.4, -0.2) is 32.5 Å². The van der Waals surface area contributed by atoms with E-state index >= 15 is 0 Å². The zero-order valence-corrected chi connectivity index (χ0v) is 14.7. The minimum atomic E-state index is -4.08. The molecule has 0 amide bonds. The van der Waals surface area contributed by atoms with E-state index < -0.39 is 26.8 Å². The summed E-state index contributed by atoms with van der Waals surface area (Å²) >= 11 is 0. The highest BCUT2D eigenvalue weighted by molar-refractivity contribution is 7.92. The van der Waals surface area contributed by atoms with Crippen LogP contribution in [0, 0.1) is 15.9 Å². The van der Waals surface area contributed by atoms with Gasteiger partial charge in [0.15, 0.2) is 0 Å². The largest absolute Gasteiger partial charge is 0.317 e. The minimum Gasteiger partial charge on any atom is -0.317 e. The summed E-state index contributed by atoms with van der Waals surface area (Å²) in [4.78, 5) is 10.1. The van der Waals surface area contributed by atoms with Gasteiger partial charge in [-0.15, -0.1) is 0 Å². The van der Waals surface area contributed by atoms with Crippen LogP contribution >= 0.6 is 0 Å². The number of piperidine rings is 1. The first-order valence-electron chi connectivity index (χ1n) is 8.15. The smallest absolute Gasteiger partial charge is 0.269 e. The molecule has 3 rings (SSSR count). The fraction of sp³-hybridized carbons (Fsp3) is 0.294. The second-order valence-corrected chi connectivity index (χ2v) is 7.80. The van der Waals surface area contributed by atoms with E-state index in [-0.39, 0.29) is 16.3 Å². The SMILES string of the molecule is O=[N+]([O-])c1ccc(S(=O)(=O)N(c2ccccc2F)C2CCNCC2)cc1. The lowest BCUT2D eigenvalue weighted by molar-refractivity contribution is -0.384. The van der Waals surface area contributed by atoms with Crippen LogP contribution in [0.3, 0.4) is 0 Å². The molecule has 0 spiro atoms. The van der Waals surface area contributed by atoms with Gasteiger partial charge < -0.3 is 5.32 Å². The van der Waals surface area contributed by atoms with Gasteiger partial charge >= 0.3 is 0 Å². The fourth-order valence-corrected chi connectivity index (χ4v) is 4.76. The summed E-state index contributed by atoms with van der Waals surface area (Å²) in [6.07, 6.45) is 1.08. The van der Waals surface area contributed by atoms with E-state index in [4.69, 9.17) is 0 Å². The molecule has 26 heavy (non-hydrogen) atoms. The lowest BCUT2D eigenvalue weighted by Gasteiger charge is -2.35. The van der Waals surface area contributed by atoms with Crippen molar-refractivity contribution >= 4 is 21.4 Å². The second kappa shape index (κ2) is 7.38. The maximum absolute atomic E-state index is 14.4. The number of hydrogen-bond donors (Lipinski definition) is 1. The highest BCUT2D eigenvalue weighted by atomic mass is 32.2. The molecule has 0 saturated carbocycles. The van der Waals surface area contributed by atoms with Crippen LogP contribution in [0.1, 0.15) is 12.8 Å². The van der Waals surface area contributed by atoms with Crippen LogP contribution in [0.25, 0.3) is 0 Å². The number of hydrogen-bond acceptors (Lipinski definition) is 5. The third-order valence-electron chi connectivity index (χ3n) is 4.33. The van der Waals surface area contributed by atoms with Crippen LogP contribution in [-0.2, 0) is 10.0 Å². The molecule has 0 radical (unpaired) electrons. The van der Waals surface area contributed by atoms with E-state index in [9.17, 15) is 22.9 Å². The Morgan fingerprint density at radius 2 is 1.69 bits per heavy atom. The Morgan fingerprint density at radius 3 is 2.27 bits per heavy atom. The van der Waals surface area contributed by atoms with Crippen molar-refractivity contribution in [1.82, 2.24) is 5.32 Å². The van der Waals surface area contributed by atoms with E-state index in [1.807, 2.05) is 0 Å². The number of nitrogens with one attached hydrogen (secondary N) is 1. The minimum absolute atomic E-state index is 0.0160. The summed E-state index contributed by atoms with van der Waals surface area (Å²) in [6, 6.07) is 9.97. The van der Waals surface area contributed by atoms with Gasteiger partial charge in [-0.1, -0.05) is 12.1 Å². The quantitative estimate of drug-likeness (QED) is 0.637. The molecule has 0 bridgehead atoms. The van der Waals surface area contributed by atoms with Crippen molar-refractivity contribution in [3.05, 3.63) is 64.5 Å². The molecule has 138 valence electrons. The molecule has 0 aliphatic carbocycles. The zero-order chi connectivity index (χ0) is 18.7. The van der Waals surface area contributed by atoms with Gasteiger partial charge in [-0.25, -0.2) is 12.8 Å². The van der Waals surface area contributed by atoms with E-state index in [1.54, 1.807) is 6.07 Å². The van der Waals surface area contributed by atoms with Gasteiger partial charge in [-0.05, 0) is 50.2 Å². The summed E-state index contributed by atoms with van der Waals surface area (Å²) in [7, 11) is -4.08. The predicted octanol–water partition coefficient (Wildman–Crippen LogP) is 2.68. The summed E-state index contributed by atoms with van der Waals surface area (Å²) in [5.41, 5.74) is -0.221. The van der Waals surface area contributed by atoms with Gasteiger partial charge in [0, 0.05) is 18.2 Å². The highest BCUT2D eigenvalue weighted by Crippen LogP contribution is 2.31. The first-order chi connectivity index (χ1) is 12.4. The Labute approximate surface area is 150 Å². The summed E-state index contributed by atoms with van der Waals surface area (Å²) in [6.45, 7) is 1.26. The molecule has 1 aliphatic rings. The number of non-ortho nitro benzene ring substituents is 1. The van der Waals surface area contributed by atoms with Gasteiger partial charge in [0.1, 0.15) is 5.82 Å². The molecule has 2 aromatic rings. The number of nitro benzene ring substituents is 1. The van der Waals surface area contributed by atoms with Gasteiger partial charge in [-0.2, -0.15) is 0 Å². The Balaban J connectivity index is 2.07. The molecule has 1 saturated heterocycles. The number of benzene rings is 2. The molecule has 0 unspecified atom stereocenters. The van der Waals surface area contributed by atoms with E-state index in [2.05, 4.69) is 5.32 Å². The topological polar surface area (TPSA) is 92.5 Å². The van der Waals surface area contributed by atoms with Crippen LogP contribution < -0.4 is 9.62 Å². The molecule has 1 fully saturated rings. The van der Waals surface area contributed by atoms with Gasteiger partial charge in [0.25, 0.3) is 15.7 Å². The number of halogens is 1. The third kappa shape index (κ3) is 3.54. The molecule has 0 aromatic heterocycles. The normalized spacial score (nSPS) is 15.6. The molecule has 2 aromatic carbocycles. The fourth-order valence-electron chi connectivity index (χ4n) is 3.05. The van der Waals surface area contributed by atoms with Gasteiger partial charge in [0.05, 0.1) is 15.5 Å². The van der Waals surface area contributed by atoms with Gasteiger partial charge in [0.2, 0.25) is 0 Å². The maximum Gasteiger partial charge on any atom is 0.269 e. The Morgan fingerprint density at radius 1 is 1.08 bits per heavy atom. The molecule has 9 heteroatoms. The highest BCUT2D eigenvalue weighted by Gasteiger charge is 2.34. The van der Waals surface area contributed by atoms with Crippen molar-refractivity contribution in [2.75, 3.05) is 17.4 Å². The third-order valence-corrected chi connectivity index (χ3v) is 6.22. The lowest BCUT2D eigenvalue weighted by Crippen LogP contribution is -2.46. The van der Waals surface area contributed by atoms with Crippen molar-refractivity contribution in [1.29, 1.82) is 0 Å². The van der Waals surface area contributed by atoms with Crippen molar-refractivity contribution < 1.29 is 17.7 Å². The van der Waals surface area contributed by atoms with E-state index in [0.717, 1.165) is 16.4 Å². The second-order valence-electron chi connectivity index (χ2n) is 5.98. The van der Waals surface area contributed by atoms with Crippen molar-refractivity contribution in [3.63, 3.8) is 0 Å².